The Morgan fingerprint density at radius 2 is 2.12 bits per heavy atom. The molecular formula is C19H17FN2O3S. The lowest BCUT2D eigenvalue weighted by atomic mass is 10.1. The van der Waals surface area contributed by atoms with E-state index < -0.39 is 0 Å². The molecule has 3 aromatic rings. The van der Waals surface area contributed by atoms with Gasteiger partial charge in [-0.2, -0.15) is 0 Å². The maximum atomic E-state index is 13.2. The van der Waals surface area contributed by atoms with Crippen LogP contribution in [-0.2, 0) is 13.2 Å². The molecule has 0 aliphatic carbocycles. The predicted molar refractivity (Wildman–Crippen MR) is 97.0 cm³/mol. The number of amides is 1. The standard InChI is InChI=1S/C19H17FN2O3S/c1-24-18-8-14(5-6-17(18)25-10-16-11-26-12-22-16)19(23)21-9-13-3-2-4-15(20)7-13/h2-8,11-12H,9-10H2,1H3,(H,21,23). The van der Waals surface area contributed by atoms with Crippen molar-refractivity contribution in [1.29, 1.82) is 0 Å². The smallest absolute Gasteiger partial charge is 0.251 e. The number of ether oxygens (including phenoxy) is 2. The van der Waals surface area contributed by atoms with Gasteiger partial charge < -0.3 is 14.8 Å². The Morgan fingerprint density at radius 1 is 1.23 bits per heavy atom. The Kier molecular flexibility index (Phi) is 5.80. The molecule has 26 heavy (non-hydrogen) atoms. The topological polar surface area (TPSA) is 60.5 Å². The Labute approximate surface area is 154 Å². The summed E-state index contributed by atoms with van der Waals surface area (Å²) in [5.74, 6) is 0.375. The van der Waals surface area contributed by atoms with Crippen LogP contribution in [0.5, 0.6) is 11.5 Å². The number of carbonyl (C=O) groups excluding carboxylic acids is 1. The first-order valence-corrected chi connectivity index (χ1v) is 8.80. The lowest BCUT2D eigenvalue weighted by Crippen LogP contribution is -2.22. The van der Waals surface area contributed by atoms with E-state index in [2.05, 4.69) is 10.3 Å². The van der Waals surface area contributed by atoms with E-state index in [0.717, 1.165) is 5.69 Å². The van der Waals surface area contributed by atoms with Gasteiger partial charge in [0.25, 0.3) is 5.91 Å². The molecule has 0 unspecified atom stereocenters. The number of thiazole rings is 1. The number of hydrogen-bond acceptors (Lipinski definition) is 5. The molecule has 1 aromatic heterocycles. The van der Waals surface area contributed by atoms with Gasteiger partial charge in [-0.25, -0.2) is 9.37 Å². The number of nitrogens with zero attached hydrogens (tertiary/aromatic N) is 1. The molecule has 3 rings (SSSR count). The summed E-state index contributed by atoms with van der Waals surface area (Å²) in [6, 6.07) is 11.0. The molecule has 0 saturated heterocycles. The fraction of sp³-hybridized carbons (Fsp3) is 0.158. The summed E-state index contributed by atoms with van der Waals surface area (Å²) in [5, 5.41) is 4.66. The van der Waals surface area contributed by atoms with Crippen molar-refractivity contribution < 1.29 is 18.7 Å². The molecule has 7 heteroatoms. The average molecular weight is 372 g/mol. The largest absolute Gasteiger partial charge is 0.493 e. The molecule has 5 nitrogen and oxygen atoms in total. The zero-order valence-electron chi connectivity index (χ0n) is 14.1. The molecule has 0 aliphatic heterocycles. The van der Waals surface area contributed by atoms with Crippen LogP contribution in [-0.4, -0.2) is 18.0 Å². The maximum absolute atomic E-state index is 13.2. The predicted octanol–water partition coefficient (Wildman–Crippen LogP) is 3.80. The first kappa shape index (κ1) is 17.9. The number of hydrogen-bond donors (Lipinski definition) is 1. The Bertz CT molecular complexity index is 884. The van der Waals surface area contributed by atoms with Gasteiger partial charge in [-0.3, -0.25) is 4.79 Å². The summed E-state index contributed by atoms with van der Waals surface area (Å²) in [6.45, 7) is 0.561. The second-order valence-electron chi connectivity index (χ2n) is 5.45. The van der Waals surface area contributed by atoms with Gasteiger partial charge in [0, 0.05) is 17.5 Å². The number of rotatable bonds is 7. The number of halogens is 1. The Hall–Kier alpha value is -2.93. The molecule has 0 radical (unpaired) electrons. The quantitative estimate of drug-likeness (QED) is 0.685. The van der Waals surface area contributed by atoms with Gasteiger partial charge in [0.2, 0.25) is 0 Å². The molecule has 134 valence electrons. The van der Waals surface area contributed by atoms with Crippen molar-refractivity contribution in [3.05, 3.63) is 76.0 Å². The highest BCUT2D eigenvalue weighted by Gasteiger charge is 2.12. The van der Waals surface area contributed by atoms with Gasteiger partial charge in [-0.15, -0.1) is 11.3 Å². The van der Waals surface area contributed by atoms with E-state index in [1.165, 1.54) is 30.6 Å². The third-order valence-corrected chi connectivity index (χ3v) is 4.26. The van der Waals surface area contributed by atoms with Crippen molar-refractivity contribution in [2.45, 2.75) is 13.2 Å². The zero-order valence-corrected chi connectivity index (χ0v) is 14.9. The Morgan fingerprint density at radius 3 is 2.85 bits per heavy atom. The van der Waals surface area contributed by atoms with Crippen LogP contribution < -0.4 is 14.8 Å². The molecule has 1 amide bonds. The molecule has 0 aliphatic rings. The van der Waals surface area contributed by atoms with Gasteiger partial charge in [0.15, 0.2) is 11.5 Å². The fourth-order valence-corrected chi connectivity index (χ4v) is 2.86. The van der Waals surface area contributed by atoms with Crippen LogP contribution in [0.1, 0.15) is 21.6 Å². The number of nitrogens with one attached hydrogen (secondary N) is 1. The molecule has 2 aromatic carbocycles. The highest BCUT2D eigenvalue weighted by molar-refractivity contribution is 7.07. The fourth-order valence-electron chi connectivity index (χ4n) is 2.32. The molecule has 0 spiro atoms. The van der Waals surface area contributed by atoms with Crippen molar-refractivity contribution in [3.63, 3.8) is 0 Å². The number of methoxy groups -OCH3 is 1. The summed E-state index contributed by atoms with van der Waals surface area (Å²) in [4.78, 5) is 16.5. The lowest BCUT2D eigenvalue weighted by Gasteiger charge is -2.12. The maximum Gasteiger partial charge on any atom is 0.251 e. The number of carbonyl (C=O) groups is 1. The van der Waals surface area contributed by atoms with E-state index in [4.69, 9.17) is 9.47 Å². The van der Waals surface area contributed by atoms with Crippen molar-refractivity contribution >= 4 is 17.2 Å². The monoisotopic (exact) mass is 372 g/mol. The highest BCUT2D eigenvalue weighted by Crippen LogP contribution is 2.28. The van der Waals surface area contributed by atoms with E-state index in [1.807, 2.05) is 5.38 Å². The minimum Gasteiger partial charge on any atom is -0.493 e. The second kappa shape index (κ2) is 8.44. The second-order valence-corrected chi connectivity index (χ2v) is 6.17. The summed E-state index contributed by atoms with van der Waals surface area (Å²) < 4.78 is 24.2. The van der Waals surface area contributed by atoms with Crippen LogP contribution >= 0.6 is 11.3 Å². The molecular weight excluding hydrogens is 355 g/mol. The van der Waals surface area contributed by atoms with Crippen LogP contribution in [0.2, 0.25) is 0 Å². The summed E-state index contributed by atoms with van der Waals surface area (Å²) in [7, 11) is 1.51. The summed E-state index contributed by atoms with van der Waals surface area (Å²) in [6.07, 6.45) is 0. The molecule has 1 heterocycles. The van der Waals surface area contributed by atoms with Crippen LogP contribution in [0.25, 0.3) is 0 Å². The first-order chi connectivity index (χ1) is 12.7. The summed E-state index contributed by atoms with van der Waals surface area (Å²) >= 11 is 1.50. The molecule has 1 N–H and O–H groups in total. The van der Waals surface area contributed by atoms with Gasteiger partial charge in [0.05, 0.1) is 18.3 Å². The Balaban J connectivity index is 1.64. The van der Waals surface area contributed by atoms with Gasteiger partial charge in [-0.05, 0) is 35.9 Å². The van der Waals surface area contributed by atoms with Crippen LogP contribution in [0.15, 0.2) is 53.4 Å². The van der Waals surface area contributed by atoms with E-state index >= 15 is 0 Å². The van der Waals surface area contributed by atoms with Crippen LogP contribution in [0.3, 0.4) is 0 Å². The normalized spacial score (nSPS) is 10.4. The lowest BCUT2D eigenvalue weighted by molar-refractivity contribution is 0.0950. The SMILES string of the molecule is COc1cc(C(=O)NCc2cccc(F)c2)ccc1OCc1cscn1. The highest BCUT2D eigenvalue weighted by atomic mass is 32.1. The van der Waals surface area contributed by atoms with Crippen molar-refractivity contribution in [2.24, 2.45) is 0 Å². The average Bonchev–Trinajstić information content (AvgIpc) is 3.18. The van der Waals surface area contributed by atoms with Crippen LogP contribution in [0, 0.1) is 5.82 Å². The molecule has 0 bridgehead atoms. The minimum absolute atomic E-state index is 0.237. The third kappa shape index (κ3) is 4.58. The van der Waals surface area contributed by atoms with Crippen LogP contribution in [0.4, 0.5) is 4.39 Å². The first-order valence-electron chi connectivity index (χ1n) is 7.86. The van der Waals surface area contributed by atoms with E-state index in [-0.39, 0.29) is 18.3 Å². The van der Waals surface area contributed by atoms with Crippen molar-refractivity contribution in [3.8, 4) is 11.5 Å². The number of aromatic nitrogens is 1. The third-order valence-electron chi connectivity index (χ3n) is 3.63. The zero-order chi connectivity index (χ0) is 18.4. The molecule has 0 atom stereocenters. The van der Waals surface area contributed by atoms with Gasteiger partial charge >= 0.3 is 0 Å². The summed E-state index contributed by atoms with van der Waals surface area (Å²) in [5.41, 5.74) is 3.68. The van der Waals surface area contributed by atoms with E-state index in [1.54, 1.807) is 35.8 Å². The van der Waals surface area contributed by atoms with E-state index in [0.29, 0.717) is 29.2 Å². The van der Waals surface area contributed by atoms with Gasteiger partial charge in [0.1, 0.15) is 12.4 Å². The van der Waals surface area contributed by atoms with Gasteiger partial charge in [-0.1, -0.05) is 12.1 Å². The molecule has 0 saturated carbocycles. The number of benzene rings is 2. The molecule has 0 fully saturated rings. The minimum atomic E-state index is -0.333. The van der Waals surface area contributed by atoms with Crippen molar-refractivity contribution in [1.82, 2.24) is 10.3 Å². The van der Waals surface area contributed by atoms with E-state index in [9.17, 15) is 9.18 Å². The van der Waals surface area contributed by atoms with Crippen molar-refractivity contribution in [2.75, 3.05) is 7.11 Å².